The highest BCUT2D eigenvalue weighted by Gasteiger charge is 2.17. The quantitative estimate of drug-likeness (QED) is 0.764. The van der Waals surface area contributed by atoms with Gasteiger partial charge in [0.1, 0.15) is 12.1 Å². The minimum absolute atomic E-state index is 0.0623. The van der Waals surface area contributed by atoms with E-state index in [-0.39, 0.29) is 6.61 Å². The molecule has 3 heterocycles. The minimum Gasteiger partial charge on any atom is -0.395 e. The fourth-order valence-corrected chi connectivity index (χ4v) is 2.51. The van der Waals surface area contributed by atoms with E-state index >= 15 is 0 Å². The van der Waals surface area contributed by atoms with Gasteiger partial charge in [-0.05, 0) is 31.5 Å². The Balaban J connectivity index is 2.25. The Morgan fingerprint density at radius 3 is 2.86 bits per heavy atom. The average molecular weight is 283 g/mol. The Hall–Kier alpha value is -2.47. The van der Waals surface area contributed by atoms with Crippen LogP contribution in [-0.4, -0.2) is 37.8 Å². The molecule has 0 spiro atoms. The predicted octanol–water partition coefficient (Wildman–Crippen LogP) is 1.84. The summed E-state index contributed by atoms with van der Waals surface area (Å²) in [6, 6.07) is 3.91. The van der Waals surface area contributed by atoms with Gasteiger partial charge in [-0.1, -0.05) is 0 Å². The molecule has 3 aromatic heterocycles. The number of aliphatic hydroxyl groups excluding tert-OH is 1. The van der Waals surface area contributed by atoms with E-state index in [4.69, 9.17) is 5.11 Å². The molecule has 0 aliphatic heterocycles. The molecule has 0 unspecified atom stereocenters. The van der Waals surface area contributed by atoms with Crippen LogP contribution >= 0.6 is 0 Å². The number of pyridine rings is 1. The fraction of sp³-hybridized carbons (Fsp3) is 0.267. The zero-order valence-electron chi connectivity index (χ0n) is 12.0. The number of aryl methyl sites for hydroxylation is 1. The van der Waals surface area contributed by atoms with Crippen molar-refractivity contribution in [1.82, 2.24) is 19.5 Å². The molecule has 108 valence electrons. The molecule has 0 aromatic carbocycles. The van der Waals surface area contributed by atoms with Crippen molar-refractivity contribution in [2.75, 3.05) is 18.5 Å². The normalized spacial score (nSPS) is 11.0. The number of anilines is 1. The topological polar surface area (TPSA) is 75.9 Å². The molecule has 6 nitrogen and oxygen atoms in total. The maximum Gasteiger partial charge on any atom is 0.150 e. The molecule has 6 heteroatoms. The van der Waals surface area contributed by atoms with Crippen LogP contribution in [0.5, 0.6) is 0 Å². The maximum atomic E-state index is 8.99. The third kappa shape index (κ3) is 2.23. The zero-order chi connectivity index (χ0) is 14.8. The summed E-state index contributed by atoms with van der Waals surface area (Å²) in [5, 5.41) is 13.1. The van der Waals surface area contributed by atoms with Gasteiger partial charge in [0.15, 0.2) is 5.65 Å². The van der Waals surface area contributed by atoms with E-state index in [0.717, 1.165) is 33.8 Å². The van der Waals surface area contributed by atoms with Gasteiger partial charge in [0, 0.05) is 18.4 Å². The Kier molecular flexibility index (Phi) is 3.53. The van der Waals surface area contributed by atoms with E-state index in [9.17, 15) is 0 Å². The van der Waals surface area contributed by atoms with Crippen molar-refractivity contribution in [3.63, 3.8) is 0 Å². The molecule has 0 bridgehead atoms. The van der Waals surface area contributed by atoms with Gasteiger partial charge in [-0.25, -0.2) is 9.97 Å². The van der Waals surface area contributed by atoms with Gasteiger partial charge in [-0.3, -0.25) is 9.55 Å². The summed E-state index contributed by atoms with van der Waals surface area (Å²) in [6.07, 6.45) is 5.10. The first-order valence-electron chi connectivity index (χ1n) is 6.81. The Bertz CT molecular complexity index is 767. The third-order valence-corrected chi connectivity index (χ3v) is 3.60. The van der Waals surface area contributed by atoms with Crippen molar-refractivity contribution in [1.29, 1.82) is 0 Å². The van der Waals surface area contributed by atoms with Gasteiger partial charge in [0.25, 0.3) is 0 Å². The van der Waals surface area contributed by atoms with Crippen LogP contribution in [0.4, 0.5) is 5.82 Å². The van der Waals surface area contributed by atoms with E-state index in [1.54, 1.807) is 6.20 Å². The van der Waals surface area contributed by atoms with E-state index < -0.39 is 0 Å². The second-order valence-electron chi connectivity index (χ2n) is 4.83. The van der Waals surface area contributed by atoms with Crippen LogP contribution in [-0.2, 0) is 0 Å². The lowest BCUT2D eigenvalue weighted by atomic mass is 10.2. The van der Waals surface area contributed by atoms with Gasteiger partial charge in [-0.15, -0.1) is 0 Å². The van der Waals surface area contributed by atoms with Crippen LogP contribution in [0.2, 0.25) is 0 Å². The standard InChI is InChI=1S/C15H17N5O/c1-10-11(2)20(12-4-3-5-16-8-12)15-13(10)14(17-6-7-21)18-9-19-15/h3-5,8-9,21H,6-7H2,1-2H3,(H,17,18,19). The minimum atomic E-state index is 0.0623. The van der Waals surface area contributed by atoms with Crippen LogP contribution in [0.3, 0.4) is 0 Å². The van der Waals surface area contributed by atoms with Crippen molar-refractivity contribution in [2.24, 2.45) is 0 Å². The first kappa shape index (κ1) is 13.5. The van der Waals surface area contributed by atoms with Crippen molar-refractivity contribution >= 4 is 16.9 Å². The van der Waals surface area contributed by atoms with Crippen molar-refractivity contribution in [3.8, 4) is 5.69 Å². The first-order valence-corrected chi connectivity index (χ1v) is 6.81. The van der Waals surface area contributed by atoms with E-state index in [0.29, 0.717) is 6.54 Å². The van der Waals surface area contributed by atoms with E-state index in [1.165, 1.54) is 6.33 Å². The lowest BCUT2D eigenvalue weighted by Gasteiger charge is -2.07. The zero-order valence-corrected chi connectivity index (χ0v) is 12.0. The number of rotatable bonds is 4. The largest absolute Gasteiger partial charge is 0.395 e. The highest BCUT2D eigenvalue weighted by molar-refractivity contribution is 5.93. The van der Waals surface area contributed by atoms with Crippen LogP contribution in [0.1, 0.15) is 11.3 Å². The number of aromatic nitrogens is 4. The Morgan fingerprint density at radius 2 is 2.14 bits per heavy atom. The molecule has 3 aromatic rings. The third-order valence-electron chi connectivity index (χ3n) is 3.60. The van der Waals surface area contributed by atoms with Gasteiger partial charge in [0.2, 0.25) is 0 Å². The number of hydrogen-bond donors (Lipinski definition) is 2. The molecule has 21 heavy (non-hydrogen) atoms. The molecule has 2 N–H and O–H groups in total. The number of nitrogens with one attached hydrogen (secondary N) is 1. The molecular weight excluding hydrogens is 266 g/mol. The predicted molar refractivity (Wildman–Crippen MR) is 81.7 cm³/mol. The molecule has 0 fully saturated rings. The van der Waals surface area contributed by atoms with Gasteiger partial charge in [-0.2, -0.15) is 0 Å². The molecule has 0 radical (unpaired) electrons. The Labute approximate surface area is 122 Å². The van der Waals surface area contributed by atoms with Crippen LogP contribution in [0.25, 0.3) is 16.7 Å². The maximum absolute atomic E-state index is 8.99. The van der Waals surface area contributed by atoms with Crippen LogP contribution < -0.4 is 5.32 Å². The van der Waals surface area contributed by atoms with Crippen LogP contribution in [0, 0.1) is 13.8 Å². The summed E-state index contributed by atoms with van der Waals surface area (Å²) in [4.78, 5) is 12.9. The summed E-state index contributed by atoms with van der Waals surface area (Å²) < 4.78 is 2.07. The number of nitrogens with zero attached hydrogens (tertiary/aromatic N) is 4. The second kappa shape index (κ2) is 5.49. The molecular formula is C15H17N5O. The molecule has 0 aliphatic carbocycles. The second-order valence-corrected chi connectivity index (χ2v) is 4.83. The molecule has 0 atom stereocenters. The smallest absolute Gasteiger partial charge is 0.150 e. The summed E-state index contributed by atoms with van der Waals surface area (Å²) in [5.41, 5.74) is 4.04. The number of aliphatic hydroxyl groups is 1. The van der Waals surface area contributed by atoms with Gasteiger partial charge < -0.3 is 10.4 Å². The SMILES string of the molecule is Cc1c(C)n(-c2cccnc2)c2ncnc(NCCO)c12. The molecule has 0 saturated carbocycles. The molecule has 0 amide bonds. The van der Waals surface area contributed by atoms with Crippen molar-refractivity contribution in [2.45, 2.75) is 13.8 Å². The highest BCUT2D eigenvalue weighted by atomic mass is 16.3. The summed E-state index contributed by atoms with van der Waals surface area (Å²) in [6.45, 7) is 4.63. The summed E-state index contributed by atoms with van der Waals surface area (Å²) in [5.74, 6) is 0.747. The molecule has 3 rings (SSSR count). The first-order chi connectivity index (χ1) is 10.2. The highest BCUT2D eigenvalue weighted by Crippen LogP contribution is 2.30. The fourth-order valence-electron chi connectivity index (χ4n) is 2.51. The lowest BCUT2D eigenvalue weighted by Crippen LogP contribution is -2.07. The lowest BCUT2D eigenvalue weighted by molar-refractivity contribution is 0.311. The van der Waals surface area contributed by atoms with E-state index in [2.05, 4.69) is 38.7 Å². The van der Waals surface area contributed by atoms with Gasteiger partial charge in [0.05, 0.1) is 23.9 Å². The van der Waals surface area contributed by atoms with E-state index in [1.807, 2.05) is 18.3 Å². The number of hydrogen-bond acceptors (Lipinski definition) is 5. The average Bonchev–Trinajstić information content (AvgIpc) is 2.78. The summed E-state index contributed by atoms with van der Waals surface area (Å²) in [7, 11) is 0. The molecule has 0 aliphatic rings. The monoisotopic (exact) mass is 283 g/mol. The summed E-state index contributed by atoms with van der Waals surface area (Å²) >= 11 is 0. The van der Waals surface area contributed by atoms with Crippen molar-refractivity contribution in [3.05, 3.63) is 42.1 Å². The molecule has 0 saturated heterocycles. The van der Waals surface area contributed by atoms with Gasteiger partial charge >= 0.3 is 0 Å². The Morgan fingerprint density at radius 1 is 1.29 bits per heavy atom. The van der Waals surface area contributed by atoms with Crippen LogP contribution in [0.15, 0.2) is 30.9 Å². The van der Waals surface area contributed by atoms with Crippen molar-refractivity contribution < 1.29 is 5.11 Å². The number of fused-ring (bicyclic) bond motifs is 1.